The summed E-state index contributed by atoms with van der Waals surface area (Å²) >= 11 is 0. The van der Waals surface area contributed by atoms with Crippen LogP contribution in [0.25, 0.3) is 55.0 Å². The van der Waals surface area contributed by atoms with Gasteiger partial charge in [0.05, 0.1) is 0 Å². The molecule has 282 valence electrons. The van der Waals surface area contributed by atoms with E-state index < -0.39 is 0 Å². The van der Waals surface area contributed by atoms with E-state index in [9.17, 15) is 0 Å². The maximum Gasteiger partial charge on any atom is 0.333 e. The Morgan fingerprint density at radius 1 is 0.526 bits per heavy atom. The van der Waals surface area contributed by atoms with Crippen molar-refractivity contribution in [3.05, 3.63) is 119 Å². The number of nitrogens with one attached hydrogen (secondary N) is 1. The summed E-state index contributed by atoms with van der Waals surface area (Å²) in [6.45, 7) is 19.4. The molecule has 57 heavy (non-hydrogen) atoms. The molecule has 4 heterocycles. The molecule has 0 atom stereocenters. The van der Waals surface area contributed by atoms with Gasteiger partial charge in [-0.2, -0.15) is 0 Å². The second-order valence-electron chi connectivity index (χ2n) is 20.3. The van der Waals surface area contributed by atoms with Crippen LogP contribution in [0.4, 0.5) is 22.7 Å². The topological polar surface area (TPSA) is 41.6 Å². The van der Waals surface area contributed by atoms with Gasteiger partial charge in [0, 0.05) is 55.9 Å². The van der Waals surface area contributed by atoms with Crippen LogP contribution in [0.5, 0.6) is 0 Å². The molecule has 4 aliphatic rings. The van der Waals surface area contributed by atoms with Crippen LogP contribution in [0, 0.1) is 0 Å². The Morgan fingerprint density at radius 3 is 1.84 bits per heavy atom. The van der Waals surface area contributed by atoms with Gasteiger partial charge < -0.3 is 19.0 Å². The van der Waals surface area contributed by atoms with E-state index in [0.717, 1.165) is 62.7 Å². The molecule has 2 aliphatic carbocycles. The minimum Gasteiger partial charge on any atom is -0.456 e. The molecule has 8 aromatic rings. The molecular weight excluding hydrogens is 695 g/mol. The van der Waals surface area contributed by atoms with Gasteiger partial charge in [0.15, 0.2) is 0 Å². The lowest BCUT2D eigenvalue weighted by Gasteiger charge is -2.47. The molecule has 2 aromatic heterocycles. The van der Waals surface area contributed by atoms with Gasteiger partial charge in [-0.1, -0.05) is 97.9 Å². The van der Waals surface area contributed by atoms with E-state index >= 15 is 0 Å². The molecule has 0 radical (unpaired) electrons. The lowest BCUT2D eigenvalue weighted by atomic mass is 9.43. The Hall–Kier alpha value is -5.42. The average molecular weight is 745 g/mol. The molecule has 5 heteroatoms. The van der Waals surface area contributed by atoms with Gasteiger partial charge in [0.1, 0.15) is 22.3 Å². The molecule has 0 spiro atoms. The summed E-state index contributed by atoms with van der Waals surface area (Å²) in [4.78, 5) is 2.71. The first kappa shape index (κ1) is 33.7. The first-order valence-electron chi connectivity index (χ1n) is 21.0. The lowest BCUT2D eigenvalue weighted by Crippen LogP contribution is -2.60. The highest BCUT2D eigenvalue weighted by Gasteiger charge is 2.47. The summed E-state index contributed by atoms with van der Waals surface area (Å²) in [6, 6.07) is 36.6. The number of furan rings is 2. The Bertz CT molecular complexity index is 3080. The number of benzene rings is 6. The Balaban J connectivity index is 1.24. The van der Waals surface area contributed by atoms with Crippen LogP contribution in [0.1, 0.15) is 103 Å². The average Bonchev–Trinajstić information content (AvgIpc) is 3.74. The van der Waals surface area contributed by atoms with Crippen molar-refractivity contribution in [3.8, 4) is 11.1 Å². The normalized spacial score (nSPS) is 19.2. The fraction of sp³-hybridized carbons (Fsp3) is 0.308. The second-order valence-corrected chi connectivity index (χ2v) is 20.3. The van der Waals surface area contributed by atoms with Crippen LogP contribution in [-0.2, 0) is 21.7 Å². The first-order valence-corrected chi connectivity index (χ1v) is 21.0. The van der Waals surface area contributed by atoms with Crippen LogP contribution in [-0.4, -0.2) is 6.85 Å². The number of hydrogen-bond donors (Lipinski definition) is 1. The minimum absolute atomic E-state index is 0.0413. The highest BCUT2D eigenvalue weighted by atomic mass is 16.3. The summed E-state index contributed by atoms with van der Waals surface area (Å²) in [5.74, 6) is 0. The summed E-state index contributed by atoms with van der Waals surface area (Å²) in [5.41, 5.74) is 19.7. The van der Waals surface area contributed by atoms with Gasteiger partial charge in [-0.15, -0.1) is 0 Å². The summed E-state index contributed by atoms with van der Waals surface area (Å²) < 4.78 is 13.4. The van der Waals surface area contributed by atoms with Crippen LogP contribution >= 0.6 is 0 Å². The molecule has 12 rings (SSSR count). The summed E-state index contributed by atoms with van der Waals surface area (Å²) in [7, 11) is 0. The van der Waals surface area contributed by atoms with Crippen LogP contribution < -0.4 is 21.1 Å². The lowest BCUT2D eigenvalue weighted by molar-refractivity contribution is 0.332. The van der Waals surface area contributed by atoms with Crippen molar-refractivity contribution in [2.75, 3.05) is 10.1 Å². The molecule has 2 aliphatic heterocycles. The van der Waals surface area contributed by atoms with Gasteiger partial charge in [0.2, 0.25) is 0 Å². The Kier molecular flexibility index (Phi) is 6.35. The number of para-hydroxylation sites is 2. The third-order valence-corrected chi connectivity index (χ3v) is 15.0. The van der Waals surface area contributed by atoms with Gasteiger partial charge in [-0.3, -0.25) is 0 Å². The van der Waals surface area contributed by atoms with Crippen LogP contribution in [0.3, 0.4) is 0 Å². The van der Waals surface area contributed by atoms with Crippen molar-refractivity contribution in [2.24, 2.45) is 0 Å². The zero-order valence-corrected chi connectivity index (χ0v) is 34.4. The number of fused-ring (bicyclic) bond motifs is 13. The van der Waals surface area contributed by atoms with Crippen molar-refractivity contribution < 1.29 is 8.83 Å². The van der Waals surface area contributed by atoms with E-state index in [1.807, 2.05) is 0 Å². The van der Waals surface area contributed by atoms with E-state index in [0.29, 0.717) is 0 Å². The zero-order chi connectivity index (χ0) is 39.0. The number of hydrogen-bond acceptors (Lipinski definition) is 4. The van der Waals surface area contributed by atoms with Crippen molar-refractivity contribution in [1.82, 2.24) is 0 Å². The number of rotatable bonds is 1. The molecule has 0 fully saturated rings. The number of nitrogens with zero attached hydrogens (tertiary/aromatic N) is 1. The third-order valence-electron chi connectivity index (χ3n) is 15.0. The Labute approximate surface area is 335 Å². The largest absolute Gasteiger partial charge is 0.456 e. The van der Waals surface area contributed by atoms with E-state index in [-0.39, 0.29) is 28.5 Å². The number of anilines is 4. The molecule has 0 amide bonds. The third kappa shape index (κ3) is 4.46. The summed E-state index contributed by atoms with van der Waals surface area (Å²) in [6.07, 6.45) is 4.68. The molecule has 0 bridgehead atoms. The second kappa shape index (κ2) is 10.7. The van der Waals surface area contributed by atoms with Crippen molar-refractivity contribution in [3.63, 3.8) is 0 Å². The summed E-state index contributed by atoms with van der Waals surface area (Å²) in [5, 5.41) is 8.63. The maximum atomic E-state index is 6.77. The standard InChI is InChI=1S/C52H49BN2O2/c1-49(2)19-20-50(3,4)35-23-29(17-18-34(35)49)55-41-26-37-36(51(5,6)21-22-52(37,7)8)24-33(41)47-46-31-14-10-12-16-43(31)57-45(46)28-40-48(47)53(55)38-27-44-32(25-39(38)54-40)30-13-9-11-15-42(30)56-44/h9-18,23-28,54H,19-22H2,1-8H3. The zero-order valence-electron chi connectivity index (χ0n) is 34.4. The highest BCUT2D eigenvalue weighted by Crippen LogP contribution is 2.55. The molecule has 4 nitrogen and oxygen atoms in total. The fourth-order valence-corrected chi connectivity index (χ4v) is 11.4. The van der Waals surface area contributed by atoms with Gasteiger partial charge >= 0.3 is 6.85 Å². The van der Waals surface area contributed by atoms with Crippen LogP contribution in [0.15, 0.2) is 106 Å². The van der Waals surface area contributed by atoms with Gasteiger partial charge in [-0.05, 0) is 135 Å². The minimum atomic E-state index is -0.120. The van der Waals surface area contributed by atoms with Crippen LogP contribution in [0.2, 0.25) is 0 Å². The fourth-order valence-electron chi connectivity index (χ4n) is 11.4. The molecule has 0 saturated carbocycles. The molecular formula is C52H49BN2O2. The first-order chi connectivity index (χ1) is 27.2. The maximum absolute atomic E-state index is 6.77. The van der Waals surface area contributed by atoms with Crippen molar-refractivity contribution in [1.29, 1.82) is 0 Å². The van der Waals surface area contributed by atoms with Crippen molar-refractivity contribution >= 4 is 84.4 Å². The Morgan fingerprint density at radius 2 is 1.12 bits per heavy atom. The predicted molar refractivity (Wildman–Crippen MR) is 240 cm³/mol. The SMILES string of the molecule is CC1(C)CCC(C)(C)c2cc(N3B4c5cc6oc7ccccc7c6cc5Nc5cc6oc7ccccc7c6c(c54)-c4cc5c(cc43)C(C)(C)CCC5(C)C)ccc21. The van der Waals surface area contributed by atoms with Gasteiger partial charge in [0.25, 0.3) is 0 Å². The molecule has 1 N–H and O–H groups in total. The van der Waals surface area contributed by atoms with Crippen molar-refractivity contribution in [2.45, 2.75) is 103 Å². The molecule has 0 saturated heterocycles. The van der Waals surface area contributed by atoms with E-state index in [2.05, 4.69) is 163 Å². The van der Waals surface area contributed by atoms with E-state index in [1.165, 1.54) is 73.9 Å². The predicted octanol–water partition coefficient (Wildman–Crippen LogP) is 13.2. The molecule has 0 unspecified atom stereocenters. The highest BCUT2D eigenvalue weighted by molar-refractivity contribution is 6.94. The quantitative estimate of drug-likeness (QED) is 0.170. The monoisotopic (exact) mass is 744 g/mol. The molecule has 6 aromatic carbocycles. The van der Waals surface area contributed by atoms with E-state index in [1.54, 1.807) is 0 Å². The van der Waals surface area contributed by atoms with Gasteiger partial charge in [-0.25, -0.2) is 0 Å². The van der Waals surface area contributed by atoms with E-state index in [4.69, 9.17) is 8.83 Å². The smallest absolute Gasteiger partial charge is 0.333 e.